The van der Waals surface area contributed by atoms with Crippen molar-refractivity contribution in [1.29, 1.82) is 0 Å². The van der Waals surface area contributed by atoms with Crippen molar-refractivity contribution in [2.24, 2.45) is 0 Å². The molecule has 0 spiro atoms. The zero-order valence-electron chi connectivity index (χ0n) is 18.5. The summed E-state index contributed by atoms with van der Waals surface area (Å²) in [6.45, 7) is 5.37. The molecular formula is C23H31N3O5. The predicted octanol–water partition coefficient (Wildman–Crippen LogP) is 2.73. The number of nitrogens with one attached hydrogen (secondary N) is 3. The summed E-state index contributed by atoms with van der Waals surface area (Å²) in [4.78, 5) is 12.7. The van der Waals surface area contributed by atoms with Gasteiger partial charge >= 0.3 is 0 Å². The first-order chi connectivity index (χ1) is 15.1. The second-order valence-electron chi connectivity index (χ2n) is 7.10. The average Bonchev–Trinajstić information content (AvgIpc) is 3.29. The van der Waals surface area contributed by atoms with E-state index in [0.29, 0.717) is 37.7 Å². The standard InChI is InChI=1S/C23H31N3O5/c1-5-30-20-10-7-15(11-22(20)31-6-2)14-24-23(27)19-13-18(25-26-19)17-9-8-16(28-3)12-21(17)29-4/h7-12,18-19,25-26H,5-6,13-14H2,1-4H3,(H,24,27). The molecule has 0 aliphatic carbocycles. The van der Waals surface area contributed by atoms with Crippen LogP contribution in [0.4, 0.5) is 0 Å². The third-order valence-corrected chi connectivity index (χ3v) is 5.11. The highest BCUT2D eigenvalue weighted by Crippen LogP contribution is 2.33. The lowest BCUT2D eigenvalue weighted by atomic mass is 10.0. The molecule has 1 amide bonds. The van der Waals surface area contributed by atoms with Gasteiger partial charge in [-0.2, -0.15) is 0 Å². The van der Waals surface area contributed by atoms with Crippen molar-refractivity contribution >= 4 is 5.91 Å². The van der Waals surface area contributed by atoms with Crippen LogP contribution in [0.1, 0.15) is 37.4 Å². The maximum Gasteiger partial charge on any atom is 0.238 e. The Bertz CT molecular complexity index is 890. The quantitative estimate of drug-likeness (QED) is 0.535. The Labute approximate surface area is 183 Å². The zero-order valence-corrected chi connectivity index (χ0v) is 18.5. The van der Waals surface area contributed by atoms with Crippen LogP contribution in [-0.2, 0) is 11.3 Å². The van der Waals surface area contributed by atoms with Gasteiger partial charge in [0.2, 0.25) is 5.91 Å². The van der Waals surface area contributed by atoms with Crippen molar-refractivity contribution in [2.75, 3.05) is 27.4 Å². The van der Waals surface area contributed by atoms with Crippen LogP contribution in [0.25, 0.3) is 0 Å². The Morgan fingerprint density at radius 2 is 1.74 bits per heavy atom. The van der Waals surface area contributed by atoms with Crippen LogP contribution in [0.3, 0.4) is 0 Å². The van der Waals surface area contributed by atoms with Crippen LogP contribution in [0.15, 0.2) is 36.4 Å². The number of amides is 1. The lowest BCUT2D eigenvalue weighted by Crippen LogP contribution is -2.42. The molecule has 1 aliphatic heterocycles. The molecule has 2 aromatic carbocycles. The molecule has 1 saturated heterocycles. The number of hydrogen-bond donors (Lipinski definition) is 3. The van der Waals surface area contributed by atoms with Gasteiger partial charge in [-0.15, -0.1) is 0 Å². The molecule has 0 bridgehead atoms. The minimum atomic E-state index is -0.356. The van der Waals surface area contributed by atoms with Gasteiger partial charge < -0.3 is 24.3 Å². The highest BCUT2D eigenvalue weighted by atomic mass is 16.5. The molecule has 168 valence electrons. The van der Waals surface area contributed by atoms with Crippen molar-refractivity contribution in [3.63, 3.8) is 0 Å². The highest BCUT2D eigenvalue weighted by Gasteiger charge is 2.31. The van der Waals surface area contributed by atoms with Crippen molar-refractivity contribution in [2.45, 2.75) is 38.9 Å². The van der Waals surface area contributed by atoms with E-state index in [1.807, 2.05) is 50.2 Å². The largest absolute Gasteiger partial charge is 0.497 e. The average molecular weight is 430 g/mol. The van der Waals surface area contributed by atoms with E-state index in [9.17, 15) is 4.79 Å². The Hall–Kier alpha value is -2.97. The van der Waals surface area contributed by atoms with Crippen LogP contribution < -0.4 is 35.1 Å². The molecule has 2 aromatic rings. The predicted molar refractivity (Wildman–Crippen MR) is 118 cm³/mol. The summed E-state index contributed by atoms with van der Waals surface area (Å²) in [5.41, 5.74) is 8.19. The second kappa shape index (κ2) is 10.9. The molecule has 0 radical (unpaired) electrons. The van der Waals surface area contributed by atoms with E-state index < -0.39 is 0 Å². The first-order valence-electron chi connectivity index (χ1n) is 10.5. The molecule has 2 atom stereocenters. The van der Waals surface area contributed by atoms with Gasteiger partial charge in [0.15, 0.2) is 11.5 Å². The minimum absolute atomic E-state index is 0.0494. The summed E-state index contributed by atoms with van der Waals surface area (Å²) >= 11 is 0. The second-order valence-corrected chi connectivity index (χ2v) is 7.10. The fraction of sp³-hybridized carbons (Fsp3) is 0.435. The molecule has 0 saturated carbocycles. The van der Waals surface area contributed by atoms with Gasteiger partial charge in [0.25, 0.3) is 0 Å². The lowest BCUT2D eigenvalue weighted by Gasteiger charge is -2.15. The highest BCUT2D eigenvalue weighted by molar-refractivity contribution is 5.82. The first kappa shape index (κ1) is 22.7. The van der Waals surface area contributed by atoms with Gasteiger partial charge in [-0.3, -0.25) is 4.79 Å². The molecule has 31 heavy (non-hydrogen) atoms. The molecule has 1 aliphatic rings. The molecule has 1 fully saturated rings. The molecule has 1 heterocycles. The van der Waals surface area contributed by atoms with Crippen molar-refractivity contribution in [3.8, 4) is 23.0 Å². The van der Waals surface area contributed by atoms with Gasteiger partial charge in [-0.25, -0.2) is 10.9 Å². The molecular weight excluding hydrogens is 398 g/mol. The lowest BCUT2D eigenvalue weighted by molar-refractivity contribution is -0.123. The maximum atomic E-state index is 12.7. The number of carbonyl (C=O) groups is 1. The normalized spacial score (nSPS) is 17.8. The van der Waals surface area contributed by atoms with Crippen LogP contribution >= 0.6 is 0 Å². The number of carbonyl (C=O) groups excluding carboxylic acids is 1. The van der Waals surface area contributed by atoms with E-state index in [2.05, 4.69) is 16.2 Å². The van der Waals surface area contributed by atoms with Crippen molar-refractivity contribution in [3.05, 3.63) is 47.5 Å². The fourth-order valence-electron chi connectivity index (χ4n) is 3.56. The van der Waals surface area contributed by atoms with Crippen molar-refractivity contribution in [1.82, 2.24) is 16.2 Å². The van der Waals surface area contributed by atoms with Gasteiger partial charge in [0.1, 0.15) is 17.5 Å². The third-order valence-electron chi connectivity index (χ3n) is 5.11. The van der Waals surface area contributed by atoms with Crippen LogP contribution in [0.2, 0.25) is 0 Å². The van der Waals surface area contributed by atoms with E-state index in [1.54, 1.807) is 14.2 Å². The summed E-state index contributed by atoms with van der Waals surface area (Å²) in [7, 11) is 3.24. The number of benzene rings is 2. The van der Waals surface area contributed by atoms with Crippen LogP contribution in [0.5, 0.6) is 23.0 Å². The van der Waals surface area contributed by atoms with Gasteiger partial charge in [0, 0.05) is 18.2 Å². The summed E-state index contributed by atoms with van der Waals surface area (Å²) in [6, 6.07) is 11.0. The van der Waals surface area contributed by atoms with Gasteiger partial charge in [-0.05, 0) is 44.0 Å². The van der Waals surface area contributed by atoms with Gasteiger partial charge in [-0.1, -0.05) is 12.1 Å². The smallest absolute Gasteiger partial charge is 0.238 e. The third kappa shape index (κ3) is 5.59. The topological polar surface area (TPSA) is 90.1 Å². The number of hydrogen-bond acceptors (Lipinski definition) is 7. The summed E-state index contributed by atoms with van der Waals surface area (Å²) < 4.78 is 22.0. The SMILES string of the molecule is CCOc1ccc(CNC(=O)C2CC(c3ccc(OC)cc3OC)NN2)cc1OCC. The molecule has 8 heteroatoms. The Morgan fingerprint density at radius 3 is 2.45 bits per heavy atom. The Morgan fingerprint density at radius 1 is 0.968 bits per heavy atom. The summed E-state index contributed by atoms with van der Waals surface area (Å²) in [5, 5.41) is 2.99. The molecule has 3 N–H and O–H groups in total. The van der Waals surface area contributed by atoms with E-state index in [1.165, 1.54) is 0 Å². The van der Waals surface area contributed by atoms with E-state index in [0.717, 1.165) is 22.6 Å². The summed E-state index contributed by atoms with van der Waals surface area (Å²) in [6.07, 6.45) is 0.599. The minimum Gasteiger partial charge on any atom is -0.497 e. The van der Waals surface area contributed by atoms with Gasteiger partial charge in [0.05, 0.1) is 33.5 Å². The molecule has 0 aromatic heterocycles. The summed E-state index contributed by atoms with van der Waals surface area (Å²) in [5.74, 6) is 2.76. The Balaban J connectivity index is 1.59. The number of hydrazine groups is 1. The van der Waals surface area contributed by atoms with E-state index in [-0.39, 0.29) is 18.0 Å². The first-order valence-corrected chi connectivity index (χ1v) is 10.5. The molecule has 8 nitrogen and oxygen atoms in total. The van der Waals surface area contributed by atoms with E-state index >= 15 is 0 Å². The number of methoxy groups -OCH3 is 2. The number of rotatable bonds is 10. The van der Waals surface area contributed by atoms with Crippen molar-refractivity contribution < 1.29 is 23.7 Å². The number of ether oxygens (including phenoxy) is 4. The monoisotopic (exact) mass is 429 g/mol. The maximum absolute atomic E-state index is 12.7. The van der Waals surface area contributed by atoms with Crippen LogP contribution in [-0.4, -0.2) is 39.4 Å². The zero-order chi connectivity index (χ0) is 22.2. The van der Waals surface area contributed by atoms with E-state index in [4.69, 9.17) is 18.9 Å². The van der Waals surface area contributed by atoms with Crippen LogP contribution in [0, 0.1) is 0 Å². The molecule has 3 rings (SSSR count). The Kier molecular flexibility index (Phi) is 7.97. The molecule has 2 unspecified atom stereocenters. The fourth-order valence-corrected chi connectivity index (χ4v) is 3.56.